The number of anilines is 2. The quantitative estimate of drug-likeness (QED) is 0.877. The van der Waals surface area contributed by atoms with E-state index >= 15 is 0 Å². The zero-order chi connectivity index (χ0) is 14.4. The number of pyridine rings is 1. The topological polar surface area (TPSA) is 63.2 Å². The molecule has 1 amide bonds. The van der Waals surface area contributed by atoms with Crippen molar-refractivity contribution in [2.45, 2.75) is 6.92 Å². The van der Waals surface area contributed by atoms with Crippen LogP contribution in [0.2, 0.25) is 0 Å². The molecule has 2 aromatic rings. The van der Waals surface area contributed by atoms with Gasteiger partial charge in [0, 0.05) is 24.1 Å². The summed E-state index contributed by atoms with van der Waals surface area (Å²) in [6.07, 6.45) is 1.61. The molecule has 0 saturated heterocycles. The Balaban J connectivity index is 2.08. The molecule has 0 saturated carbocycles. The van der Waals surface area contributed by atoms with Gasteiger partial charge in [-0.1, -0.05) is 0 Å². The molecular formula is C15H17N3O2. The Morgan fingerprint density at radius 2 is 1.95 bits per heavy atom. The van der Waals surface area contributed by atoms with Crippen LogP contribution in [0.5, 0.6) is 5.75 Å². The zero-order valence-corrected chi connectivity index (χ0v) is 11.5. The number of benzene rings is 1. The standard InChI is InChI=1S/C15H17N3O2/c1-3-16-12-8-9-17-14(10-12)15(19)18-11-4-6-13(20-2)7-5-11/h4-10H,3H2,1-2H3,(H,16,17)(H,18,19). The van der Waals surface area contributed by atoms with Crippen LogP contribution in [0.1, 0.15) is 17.4 Å². The molecule has 0 bridgehead atoms. The predicted molar refractivity (Wildman–Crippen MR) is 79.3 cm³/mol. The number of aromatic nitrogens is 1. The number of hydrogen-bond acceptors (Lipinski definition) is 4. The van der Waals surface area contributed by atoms with E-state index in [4.69, 9.17) is 4.74 Å². The Hall–Kier alpha value is -2.56. The first-order valence-corrected chi connectivity index (χ1v) is 6.38. The molecular weight excluding hydrogens is 254 g/mol. The molecule has 5 nitrogen and oxygen atoms in total. The van der Waals surface area contributed by atoms with Gasteiger partial charge in [-0.05, 0) is 43.3 Å². The summed E-state index contributed by atoms with van der Waals surface area (Å²) in [4.78, 5) is 16.2. The summed E-state index contributed by atoms with van der Waals surface area (Å²) in [5.41, 5.74) is 1.95. The highest BCUT2D eigenvalue weighted by Gasteiger charge is 2.08. The Morgan fingerprint density at radius 3 is 2.60 bits per heavy atom. The number of carbonyl (C=O) groups is 1. The highest BCUT2D eigenvalue weighted by Crippen LogP contribution is 2.16. The number of nitrogens with one attached hydrogen (secondary N) is 2. The lowest BCUT2D eigenvalue weighted by molar-refractivity contribution is 0.102. The van der Waals surface area contributed by atoms with E-state index < -0.39 is 0 Å². The van der Waals surface area contributed by atoms with E-state index in [0.717, 1.165) is 18.0 Å². The molecule has 0 aliphatic rings. The largest absolute Gasteiger partial charge is 0.497 e. The summed E-state index contributed by atoms with van der Waals surface area (Å²) in [5, 5.41) is 5.94. The van der Waals surface area contributed by atoms with Gasteiger partial charge >= 0.3 is 0 Å². The second-order valence-corrected chi connectivity index (χ2v) is 4.14. The van der Waals surface area contributed by atoms with Gasteiger partial charge in [-0.25, -0.2) is 0 Å². The number of methoxy groups -OCH3 is 1. The number of hydrogen-bond donors (Lipinski definition) is 2. The van der Waals surface area contributed by atoms with Crippen LogP contribution in [-0.4, -0.2) is 24.5 Å². The van der Waals surface area contributed by atoms with Crippen molar-refractivity contribution in [3.05, 3.63) is 48.3 Å². The molecule has 0 spiro atoms. The number of nitrogens with zero attached hydrogens (tertiary/aromatic N) is 1. The summed E-state index contributed by atoms with van der Waals surface area (Å²) in [5.74, 6) is 0.505. The van der Waals surface area contributed by atoms with Crippen LogP contribution in [0.4, 0.5) is 11.4 Å². The van der Waals surface area contributed by atoms with E-state index in [0.29, 0.717) is 11.4 Å². The van der Waals surface area contributed by atoms with Crippen LogP contribution in [0.25, 0.3) is 0 Å². The van der Waals surface area contributed by atoms with Crippen molar-refractivity contribution in [3.8, 4) is 5.75 Å². The molecule has 0 unspecified atom stereocenters. The van der Waals surface area contributed by atoms with E-state index in [1.54, 1.807) is 43.6 Å². The monoisotopic (exact) mass is 271 g/mol. The third kappa shape index (κ3) is 3.47. The molecule has 0 aliphatic heterocycles. The lowest BCUT2D eigenvalue weighted by Crippen LogP contribution is -2.14. The van der Waals surface area contributed by atoms with Crippen LogP contribution in [0.3, 0.4) is 0 Å². The lowest BCUT2D eigenvalue weighted by atomic mass is 10.2. The van der Waals surface area contributed by atoms with Crippen molar-refractivity contribution in [3.63, 3.8) is 0 Å². The van der Waals surface area contributed by atoms with Gasteiger partial charge in [-0.2, -0.15) is 0 Å². The lowest BCUT2D eigenvalue weighted by Gasteiger charge is -2.07. The number of rotatable bonds is 5. The highest BCUT2D eigenvalue weighted by atomic mass is 16.5. The first kappa shape index (κ1) is 13.9. The Kier molecular flexibility index (Phi) is 4.55. The third-order valence-electron chi connectivity index (χ3n) is 2.72. The van der Waals surface area contributed by atoms with Gasteiger partial charge in [0.25, 0.3) is 5.91 Å². The van der Waals surface area contributed by atoms with Crippen LogP contribution in [0.15, 0.2) is 42.6 Å². The van der Waals surface area contributed by atoms with Crippen LogP contribution < -0.4 is 15.4 Å². The van der Waals surface area contributed by atoms with Crippen LogP contribution in [0, 0.1) is 0 Å². The fourth-order valence-corrected chi connectivity index (χ4v) is 1.74. The first-order chi connectivity index (χ1) is 9.72. The first-order valence-electron chi connectivity index (χ1n) is 6.38. The molecule has 0 aliphatic carbocycles. The Morgan fingerprint density at radius 1 is 1.20 bits per heavy atom. The Labute approximate surface area is 118 Å². The van der Waals surface area contributed by atoms with Crippen molar-refractivity contribution in [1.29, 1.82) is 0 Å². The second-order valence-electron chi connectivity index (χ2n) is 4.14. The molecule has 0 radical (unpaired) electrons. The van der Waals surface area contributed by atoms with Gasteiger partial charge < -0.3 is 15.4 Å². The van der Waals surface area contributed by atoms with E-state index in [-0.39, 0.29) is 5.91 Å². The van der Waals surface area contributed by atoms with Crippen molar-refractivity contribution >= 4 is 17.3 Å². The van der Waals surface area contributed by atoms with E-state index in [1.165, 1.54) is 0 Å². The second kappa shape index (κ2) is 6.56. The smallest absolute Gasteiger partial charge is 0.274 e. The fourth-order valence-electron chi connectivity index (χ4n) is 1.74. The predicted octanol–water partition coefficient (Wildman–Crippen LogP) is 2.77. The molecule has 1 aromatic carbocycles. The van der Waals surface area contributed by atoms with Crippen LogP contribution >= 0.6 is 0 Å². The molecule has 1 aromatic heterocycles. The maximum atomic E-state index is 12.1. The summed E-state index contributed by atoms with van der Waals surface area (Å²) >= 11 is 0. The van der Waals surface area contributed by atoms with Gasteiger partial charge in [-0.15, -0.1) is 0 Å². The van der Waals surface area contributed by atoms with Gasteiger partial charge in [0.15, 0.2) is 0 Å². The van der Waals surface area contributed by atoms with Gasteiger partial charge in [0.05, 0.1) is 7.11 Å². The van der Waals surface area contributed by atoms with Crippen molar-refractivity contribution in [2.75, 3.05) is 24.3 Å². The SMILES string of the molecule is CCNc1ccnc(C(=O)Nc2ccc(OC)cc2)c1. The van der Waals surface area contributed by atoms with Crippen LogP contribution in [-0.2, 0) is 0 Å². The van der Waals surface area contributed by atoms with Crippen molar-refractivity contribution in [1.82, 2.24) is 4.98 Å². The van der Waals surface area contributed by atoms with Gasteiger partial charge in [0.1, 0.15) is 11.4 Å². The summed E-state index contributed by atoms with van der Waals surface area (Å²) in [7, 11) is 1.60. The molecule has 2 N–H and O–H groups in total. The molecule has 20 heavy (non-hydrogen) atoms. The number of carbonyl (C=O) groups excluding carboxylic acids is 1. The molecule has 2 rings (SSSR count). The zero-order valence-electron chi connectivity index (χ0n) is 11.5. The van der Waals surface area contributed by atoms with E-state index in [9.17, 15) is 4.79 Å². The average molecular weight is 271 g/mol. The fraction of sp³-hybridized carbons (Fsp3) is 0.200. The minimum atomic E-state index is -0.241. The van der Waals surface area contributed by atoms with Crippen molar-refractivity contribution < 1.29 is 9.53 Å². The molecule has 104 valence electrons. The summed E-state index contributed by atoms with van der Waals surface area (Å²) in [6.45, 7) is 2.79. The number of amides is 1. The summed E-state index contributed by atoms with van der Waals surface area (Å²) < 4.78 is 5.07. The maximum absolute atomic E-state index is 12.1. The number of ether oxygens (including phenoxy) is 1. The average Bonchev–Trinajstić information content (AvgIpc) is 2.48. The Bertz CT molecular complexity index is 582. The molecule has 0 atom stereocenters. The molecule has 0 fully saturated rings. The molecule has 1 heterocycles. The van der Waals surface area contributed by atoms with Gasteiger partial charge in [-0.3, -0.25) is 9.78 Å². The molecule has 5 heteroatoms. The minimum Gasteiger partial charge on any atom is -0.497 e. The normalized spacial score (nSPS) is 9.90. The highest BCUT2D eigenvalue weighted by molar-refractivity contribution is 6.03. The van der Waals surface area contributed by atoms with Crippen molar-refractivity contribution in [2.24, 2.45) is 0 Å². The van der Waals surface area contributed by atoms with E-state index in [1.807, 2.05) is 13.0 Å². The summed E-state index contributed by atoms with van der Waals surface area (Å²) in [6, 6.07) is 10.7. The third-order valence-corrected chi connectivity index (χ3v) is 2.72. The van der Waals surface area contributed by atoms with Gasteiger partial charge in [0.2, 0.25) is 0 Å². The maximum Gasteiger partial charge on any atom is 0.274 e. The van der Waals surface area contributed by atoms with E-state index in [2.05, 4.69) is 15.6 Å². The minimum absolute atomic E-state index is 0.241.